The van der Waals surface area contributed by atoms with Crippen molar-refractivity contribution in [1.82, 2.24) is 0 Å². The van der Waals surface area contributed by atoms with E-state index >= 15 is 0 Å². The second kappa shape index (κ2) is 8.23. The van der Waals surface area contributed by atoms with Gasteiger partial charge in [0.2, 0.25) is 12.6 Å². The number of carbonyl (C=O) groups excluding carboxylic acids is 2. The number of rotatable bonds is 5. The Kier molecular flexibility index (Phi) is 6.00. The van der Waals surface area contributed by atoms with Crippen LogP contribution in [0.3, 0.4) is 0 Å². The summed E-state index contributed by atoms with van der Waals surface area (Å²) in [6, 6.07) is 7.51. The Morgan fingerprint density at radius 1 is 1.00 bits per heavy atom. The van der Waals surface area contributed by atoms with E-state index in [1.165, 1.54) is 0 Å². The molecule has 2 aromatic rings. The molecule has 0 aliphatic carbocycles. The van der Waals surface area contributed by atoms with Crippen LogP contribution in [0.1, 0.15) is 20.7 Å². The maximum atomic E-state index is 14.4. The van der Waals surface area contributed by atoms with E-state index in [0.29, 0.717) is 12.1 Å². The Balaban J connectivity index is 1.85. The fraction of sp³-hybridized carbons (Fsp3) is 0.263. The molecule has 0 radical (unpaired) electrons. The van der Waals surface area contributed by atoms with Crippen LogP contribution in [0.2, 0.25) is 0 Å². The van der Waals surface area contributed by atoms with Crippen molar-refractivity contribution >= 4 is 11.9 Å². The second-order valence-electron chi connectivity index (χ2n) is 6.43. The van der Waals surface area contributed by atoms with Crippen LogP contribution >= 0.6 is 0 Å². The van der Waals surface area contributed by atoms with Gasteiger partial charge in [0.1, 0.15) is 11.6 Å². The average molecular weight is 446 g/mol. The van der Waals surface area contributed by atoms with Crippen molar-refractivity contribution < 1.29 is 56.7 Å². The normalized spacial score (nSPS) is 25.6. The molecule has 2 unspecified atom stereocenters. The SMILES string of the molecule is O=C(OC(O)[C@H]1OC(O)C(F)(F)[C@@]1(O)OC(=O)c1cccc(F)c1)c1cccc(F)c1. The molecule has 8 nitrogen and oxygen atoms in total. The lowest BCUT2D eigenvalue weighted by Gasteiger charge is -2.33. The number of halogens is 4. The van der Waals surface area contributed by atoms with Gasteiger partial charge in [-0.2, -0.15) is 8.78 Å². The predicted molar refractivity (Wildman–Crippen MR) is 90.4 cm³/mol. The van der Waals surface area contributed by atoms with Crippen molar-refractivity contribution in [3.05, 3.63) is 71.3 Å². The van der Waals surface area contributed by atoms with Gasteiger partial charge in [-0.3, -0.25) is 0 Å². The van der Waals surface area contributed by atoms with Gasteiger partial charge >= 0.3 is 23.6 Å². The molecule has 0 saturated carbocycles. The highest BCUT2D eigenvalue weighted by Gasteiger charge is 2.74. The molecular formula is C19H14F4O8. The second-order valence-corrected chi connectivity index (χ2v) is 6.43. The van der Waals surface area contributed by atoms with E-state index in [2.05, 4.69) is 14.2 Å². The van der Waals surface area contributed by atoms with Gasteiger partial charge in [-0.05, 0) is 36.4 Å². The number of alkyl halides is 2. The standard InChI is InChI=1S/C19H14F4O8/c20-11-5-1-3-9(7-11)14(24)30-16(26)13-19(28,18(22,23)17(27)29-13)31-15(25)10-4-2-6-12(21)8-10/h1-8,13,16-17,26-28H/t13-,16?,17?,19+/m1/s1. The quantitative estimate of drug-likeness (QED) is 0.357. The largest absolute Gasteiger partial charge is 0.429 e. The van der Waals surface area contributed by atoms with E-state index in [0.717, 1.165) is 36.4 Å². The Bertz CT molecular complexity index is 1000. The fourth-order valence-corrected chi connectivity index (χ4v) is 2.74. The van der Waals surface area contributed by atoms with Crippen molar-refractivity contribution in [3.63, 3.8) is 0 Å². The Labute approximate surface area is 171 Å². The van der Waals surface area contributed by atoms with Crippen LogP contribution in [0.25, 0.3) is 0 Å². The average Bonchev–Trinajstić information content (AvgIpc) is 2.87. The maximum absolute atomic E-state index is 14.4. The molecule has 1 aliphatic heterocycles. The van der Waals surface area contributed by atoms with E-state index < -0.39 is 65.1 Å². The van der Waals surface area contributed by atoms with Crippen LogP contribution in [0.15, 0.2) is 48.5 Å². The minimum Gasteiger partial charge on any atom is -0.429 e. The summed E-state index contributed by atoms with van der Waals surface area (Å²) in [5.41, 5.74) is -1.01. The molecule has 166 valence electrons. The molecule has 0 aromatic heterocycles. The van der Waals surface area contributed by atoms with Gasteiger partial charge in [-0.1, -0.05) is 12.1 Å². The van der Waals surface area contributed by atoms with Crippen molar-refractivity contribution in [2.45, 2.75) is 30.4 Å². The summed E-state index contributed by atoms with van der Waals surface area (Å²) < 4.78 is 68.5. The van der Waals surface area contributed by atoms with Crippen LogP contribution in [0, 0.1) is 11.6 Å². The number of aliphatic hydroxyl groups excluding tert-OH is 2. The van der Waals surface area contributed by atoms with Crippen LogP contribution < -0.4 is 0 Å². The zero-order chi connectivity index (χ0) is 23.0. The lowest BCUT2D eigenvalue weighted by Crippen LogP contribution is -2.59. The van der Waals surface area contributed by atoms with E-state index in [1.54, 1.807) is 0 Å². The lowest BCUT2D eigenvalue weighted by atomic mass is 10.0. The Hall–Kier alpha value is -3.06. The van der Waals surface area contributed by atoms with Crippen molar-refractivity contribution in [2.75, 3.05) is 0 Å². The highest BCUT2D eigenvalue weighted by Crippen LogP contribution is 2.46. The third kappa shape index (κ3) is 4.23. The number of carbonyl (C=O) groups is 2. The molecule has 0 spiro atoms. The molecule has 4 atom stereocenters. The molecule has 12 heteroatoms. The molecule has 0 amide bonds. The lowest BCUT2D eigenvalue weighted by molar-refractivity contribution is -0.312. The molecule has 1 heterocycles. The van der Waals surface area contributed by atoms with Crippen molar-refractivity contribution in [2.24, 2.45) is 0 Å². The Morgan fingerprint density at radius 3 is 2.03 bits per heavy atom. The molecule has 3 rings (SSSR count). The first-order valence-corrected chi connectivity index (χ1v) is 8.53. The van der Waals surface area contributed by atoms with Gasteiger partial charge in [0.05, 0.1) is 11.1 Å². The zero-order valence-corrected chi connectivity index (χ0v) is 15.2. The summed E-state index contributed by atoms with van der Waals surface area (Å²) in [5, 5.41) is 29.9. The first-order chi connectivity index (χ1) is 14.5. The molecule has 1 saturated heterocycles. The number of benzene rings is 2. The van der Waals surface area contributed by atoms with Gasteiger partial charge in [0, 0.05) is 0 Å². The van der Waals surface area contributed by atoms with Gasteiger partial charge in [0.15, 0.2) is 6.10 Å². The third-order valence-corrected chi connectivity index (χ3v) is 4.30. The summed E-state index contributed by atoms with van der Waals surface area (Å²) in [5.74, 6) is -13.6. The first kappa shape index (κ1) is 22.6. The van der Waals surface area contributed by atoms with Crippen LogP contribution in [0.4, 0.5) is 17.6 Å². The summed E-state index contributed by atoms with van der Waals surface area (Å²) in [6.45, 7) is 0. The zero-order valence-electron chi connectivity index (χ0n) is 15.2. The number of aliphatic hydroxyl groups is 3. The van der Waals surface area contributed by atoms with Gasteiger partial charge < -0.3 is 29.5 Å². The highest BCUT2D eigenvalue weighted by molar-refractivity contribution is 5.90. The van der Waals surface area contributed by atoms with E-state index in [-0.39, 0.29) is 0 Å². The minimum absolute atomic E-state index is 0.426. The molecular weight excluding hydrogens is 432 g/mol. The topological polar surface area (TPSA) is 123 Å². The molecule has 31 heavy (non-hydrogen) atoms. The predicted octanol–water partition coefficient (Wildman–Crippen LogP) is 1.34. The number of hydrogen-bond acceptors (Lipinski definition) is 8. The maximum Gasteiger partial charge on any atom is 0.364 e. The monoisotopic (exact) mass is 446 g/mol. The van der Waals surface area contributed by atoms with Gasteiger partial charge in [-0.25, -0.2) is 18.4 Å². The number of ether oxygens (including phenoxy) is 3. The first-order valence-electron chi connectivity index (χ1n) is 8.53. The summed E-state index contributed by atoms with van der Waals surface area (Å²) in [7, 11) is 0. The smallest absolute Gasteiger partial charge is 0.364 e. The summed E-state index contributed by atoms with van der Waals surface area (Å²) in [4.78, 5) is 24.2. The van der Waals surface area contributed by atoms with Gasteiger partial charge in [-0.15, -0.1) is 0 Å². The van der Waals surface area contributed by atoms with Crippen molar-refractivity contribution in [1.29, 1.82) is 0 Å². The van der Waals surface area contributed by atoms with Crippen LogP contribution in [0.5, 0.6) is 0 Å². The third-order valence-electron chi connectivity index (χ3n) is 4.30. The highest BCUT2D eigenvalue weighted by atomic mass is 19.3. The number of hydrogen-bond donors (Lipinski definition) is 3. The fourth-order valence-electron chi connectivity index (χ4n) is 2.74. The number of esters is 2. The Morgan fingerprint density at radius 2 is 1.52 bits per heavy atom. The minimum atomic E-state index is -4.70. The van der Waals surface area contributed by atoms with E-state index in [4.69, 9.17) is 0 Å². The van der Waals surface area contributed by atoms with Crippen LogP contribution in [-0.4, -0.2) is 57.7 Å². The summed E-state index contributed by atoms with van der Waals surface area (Å²) in [6.07, 6.45) is -8.47. The molecule has 2 aromatic carbocycles. The van der Waals surface area contributed by atoms with Gasteiger partial charge in [0.25, 0.3) is 0 Å². The van der Waals surface area contributed by atoms with Crippen molar-refractivity contribution in [3.8, 4) is 0 Å². The molecule has 1 fully saturated rings. The molecule has 3 N–H and O–H groups in total. The van der Waals surface area contributed by atoms with E-state index in [1.807, 2.05) is 0 Å². The summed E-state index contributed by atoms with van der Waals surface area (Å²) >= 11 is 0. The molecule has 0 bridgehead atoms. The van der Waals surface area contributed by atoms with E-state index in [9.17, 15) is 42.5 Å². The molecule has 1 aliphatic rings. The van der Waals surface area contributed by atoms with Crippen LogP contribution in [-0.2, 0) is 14.2 Å².